The minimum absolute atomic E-state index is 0.125. The van der Waals surface area contributed by atoms with Gasteiger partial charge in [-0.15, -0.1) is 0 Å². The van der Waals surface area contributed by atoms with E-state index in [0.717, 1.165) is 44.9 Å². The van der Waals surface area contributed by atoms with Gasteiger partial charge in [-0.05, 0) is 25.7 Å². The molecule has 0 heterocycles. The van der Waals surface area contributed by atoms with E-state index in [4.69, 9.17) is 5.73 Å². The van der Waals surface area contributed by atoms with E-state index in [2.05, 4.69) is 0 Å². The van der Waals surface area contributed by atoms with E-state index < -0.39 is 10.0 Å². The number of nitrogens with zero attached hydrogens (tertiary/aromatic N) is 1. The third kappa shape index (κ3) is 2.26. The summed E-state index contributed by atoms with van der Waals surface area (Å²) >= 11 is 0. The Morgan fingerprint density at radius 2 is 1.69 bits per heavy atom. The molecule has 0 unspecified atom stereocenters. The molecule has 5 heteroatoms. The van der Waals surface area contributed by atoms with E-state index in [9.17, 15) is 8.42 Å². The average Bonchev–Trinajstić information content (AvgIpc) is 2.67. The molecule has 2 saturated carbocycles. The summed E-state index contributed by atoms with van der Waals surface area (Å²) in [5, 5.41) is -0.125. The molecule has 2 aliphatic rings. The zero-order valence-electron chi connectivity index (χ0n) is 9.77. The molecule has 2 rings (SSSR count). The van der Waals surface area contributed by atoms with Gasteiger partial charge in [0.15, 0.2) is 0 Å². The highest BCUT2D eigenvalue weighted by molar-refractivity contribution is 7.89. The molecule has 16 heavy (non-hydrogen) atoms. The molecule has 0 aliphatic heterocycles. The molecule has 2 N–H and O–H groups in total. The van der Waals surface area contributed by atoms with Gasteiger partial charge in [0.25, 0.3) is 0 Å². The summed E-state index contributed by atoms with van der Waals surface area (Å²) in [6.07, 6.45) is 7.01. The van der Waals surface area contributed by atoms with Crippen LogP contribution in [0.1, 0.15) is 44.9 Å². The van der Waals surface area contributed by atoms with Gasteiger partial charge in [-0.2, -0.15) is 4.31 Å². The summed E-state index contributed by atoms with van der Waals surface area (Å²) in [7, 11) is -3.07. The second kappa shape index (κ2) is 5.02. The Kier molecular flexibility index (Phi) is 3.87. The van der Waals surface area contributed by atoms with E-state index in [1.54, 1.807) is 4.31 Å². The van der Waals surface area contributed by atoms with E-state index >= 15 is 0 Å². The first-order chi connectivity index (χ1) is 7.66. The second-order valence-corrected chi connectivity index (χ2v) is 7.10. The van der Waals surface area contributed by atoms with Crippen LogP contribution >= 0.6 is 0 Å². The van der Waals surface area contributed by atoms with Crippen LogP contribution in [0.25, 0.3) is 0 Å². The van der Waals surface area contributed by atoms with E-state index in [0.29, 0.717) is 13.1 Å². The Balaban J connectivity index is 2.10. The summed E-state index contributed by atoms with van der Waals surface area (Å²) in [5.41, 5.74) is 5.54. The lowest BCUT2D eigenvalue weighted by Gasteiger charge is -2.37. The predicted molar refractivity (Wildman–Crippen MR) is 64.6 cm³/mol. The molecule has 0 spiro atoms. The first kappa shape index (κ1) is 12.3. The molecule has 94 valence electrons. The Hall–Kier alpha value is -0.130. The summed E-state index contributed by atoms with van der Waals surface area (Å²) in [6, 6.07) is 0.245. The van der Waals surface area contributed by atoms with Crippen molar-refractivity contribution in [3.63, 3.8) is 0 Å². The van der Waals surface area contributed by atoms with Crippen molar-refractivity contribution in [2.24, 2.45) is 5.73 Å². The Morgan fingerprint density at radius 3 is 2.12 bits per heavy atom. The van der Waals surface area contributed by atoms with Crippen molar-refractivity contribution in [2.75, 3.05) is 13.1 Å². The Labute approximate surface area is 98.2 Å². The molecule has 0 amide bonds. The molecule has 0 aromatic heterocycles. The van der Waals surface area contributed by atoms with Gasteiger partial charge >= 0.3 is 0 Å². The number of sulfonamides is 1. The van der Waals surface area contributed by atoms with Gasteiger partial charge in [-0.3, -0.25) is 0 Å². The zero-order chi connectivity index (χ0) is 11.6. The highest BCUT2D eigenvalue weighted by Crippen LogP contribution is 2.32. The Bertz CT molecular complexity index is 319. The molecule has 0 bridgehead atoms. The van der Waals surface area contributed by atoms with E-state index in [1.807, 2.05) is 0 Å². The van der Waals surface area contributed by atoms with Gasteiger partial charge in [0.1, 0.15) is 0 Å². The summed E-state index contributed by atoms with van der Waals surface area (Å²) in [5.74, 6) is 0. The lowest BCUT2D eigenvalue weighted by atomic mass is 9.93. The van der Waals surface area contributed by atoms with Crippen LogP contribution in [-0.2, 0) is 10.0 Å². The fourth-order valence-electron chi connectivity index (χ4n) is 2.70. The quantitative estimate of drug-likeness (QED) is 0.789. The highest BCUT2D eigenvalue weighted by atomic mass is 32.2. The number of nitrogens with two attached hydrogens (primary N) is 1. The van der Waals surface area contributed by atoms with Crippen LogP contribution in [0, 0.1) is 0 Å². The van der Waals surface area contributed by atoms with Crippen molar-refractivity contribution in [3.05, 3.63) is 0 Å². The Morgan fingerprint density at radius 1 is 1.06 bits per heavy atom. The highest BCUT2D eigenvalue weighted by Gasteiger charge is 2.39. The lowest BCUT2D eigenvalue weighted by molar-refractivity contribution is 0.221. The maximum atomic E-state index is 12.4. The van der Waals surface area contributed by atoms with Crippen molar-refractivity contribution in [1.29, 1.82) is 0 Å². The zero-order valence-corrected chi connectivity index (χ0v) is 10.6. The third-order valence-electron chi connectivity index (χ3n) is 3.88. The van der Waals surface area contributed by atoms with Crippen LogP contribution in [0.4, 0.5) is 0 Å². The smallest absolute Gasteiger partial charge is 0.217 e. The molecule has 0 aromatic rings. The molecule has 0 saturated heterocycles. The maximum Gasteiger partial charge on any atom is 0.217 e. The average molecular weight is 246 g/mol. The lowest BCUT2D eigenvalue weighted by Crippen LogP contribution is -2.49. The summed E-state index contributed by atoms with van der Waals surface area (Å²) in [4.78, 5) is 0. The van der Waals surface area contributed by atoms with Crippen LogP contribution in [-0.4, -0.2) is 37.1 Å². The van der Waals surface area contributed by atoms with Crippen LogP contribution in [0.3, 0.4) is 0 Å². The van der Waals surface area contributed by atoms with Crippen LogP contribution in [0.15, 0.2) is 0 Å². The fraction of sp³-hybridized carbons (Fsp3) is 1.00. The molecule has 0 atom stereocenters. The number of rotatable bonds is 5. The fourth-order valence-corrected chi connectivity index (χ4v) is 5.00. The first-order valence-electron chi connectivity index (χ1n) is 6.37. The first-order valence-corrected chi connectivity index (χ1v) is 7.87. The number of hydrogen-bond donors (Lipinski definition) is 1. The standard InChI is InChI=1S/C11H22N2O2S/c12-8-9-13(10-4-3-5-10)16(14,15)11-6-1-2-7-11/h10-11H,1-9,12H2. The van der Waals surface area contributed by atoms with Gasteiger partial charge in [-0.1, -0.05) is 19.3 Å². The van der Waals surface area contributed by atoms with Crippen LogP contribution in [0.2, 0.25) is 0 Å². The van der Waals surface area contributed by atoms with Gasteiger partial charge in [-0.25, -0.2) is 8.42 Å². The molecule has 4 nitrogen and oxygen atoms in total. The van der Waals surface area contributed by atoms with Crippen molar-refractivity contribution in [3.8, 4) is 0 Å². The van der Waals surface area contributed by atoms with E-state index in [-0.39, 0.29) is 11.3 Å². The van der Waals surface area contributed by atoms with Gasteiger partial charge in [0.05, 0.1) is 5.25 Å². The van der Waals surface area contributed by atoms with Crippen molar-refractivity contribution < 1.29 is 8.42 Å². The normalized spacial score (nSPS) is 23.9. The third-order valence-corrected chi connectivity index (χ3v) is 6.33. The van der Waals surface area contributed by atoms with E-state index in [1.165, 1.54) is 0 Å². The van der Waals surface area contributed by atoms with Crippen molar-refractivity contribution >= 4 is 10.0 Å². The molecular formula is C11H22N2O2S. The maximum absolute atomic E-state index is 12.4. The second-order valence-electron chi connectivity index (χ2n) is 4.94. The van der Waals surface area contributed by atoms with Gasteiger partial charge in [0.2, 0.25) is 10.0 Å². The largest absolute Gasteiger partial charge is 0.329 e. The molecule has 2 aliphatic carbocycles. The molecule has 0 aromatic carbocycles. The SMILES string of the molecule is NCCN(C1CCC1)S(=O)(=O)C1CCCC1. The van der Waals surface area contributed by atoms with Crippen molar-refractivity contribution in [1.82, 2.24) is 4.31 Å². The van der Waals surface area contributed by atoms with Gasteiger partial charge < -0.3 is 5.73 Å². The van der Waals surface area contributed by atoms with Crippen LogP contribution in [0.5, 0.6) is 0 Å². The van der Waals surface area contributed by atoms with Gasteiger partial charge in [0, 0.05) is 19.1 Å². The molecular weight excluding hydrogens is 224 g/mol. The minimum atomic E-state index is -3.07. The molecule has 0 radical (unpaired) electrons. The number of hydrogen-bond acceptors (Lipinski definition) is 3. The topological polar surface area (TPSA) is 63.4 Å². The predicted octanol–water partition coefficient (Wildman–Crippen LogP) is 1.07. The summed E-state index contributed by atoms with van der Waals surface area (Å²) < 4.78 is 26.6. The minimum Gasteiger partial charge on any atom is -0.329 e. The summed E-state index contributed by atoms with van der Waals surface area (Å²) in [6.45, 7) is 0.936. The monoisotopic (exact) mass is 246 g/mol. The van der Waals surface area contributed by atoms with Crippen molar-refractivity contribution in [2.45, 2.75) is 56.2 Å². The molecule has 2 fully saturated rings. The van der Waals surface area contributed by atoms with Crippen LogP contribution < -0.4 is 5.73 Å².